The fourth-order valence-electron chi connectivity index (χ4n) is 3.07. The molecule has 0 aromatic heterocycles. The lowest BCUT2D eigenvalue weighted by Crippen LogP contribution is -2.08. The van der Waals surface area contributed by atoms with Gasteiger partial charge in [-0.3, -0.25) is 0 Å². The van der Waals surface area contributed by atoms with Crippen LogP contribution in [0.3, 0.4) is 0 Å². The monoisotopic (exact) mass is 356 g/mol. The largest absolute Gasteiger partial charge is 0.463 e. The molecular formula is C20H20O4S. The number of allylic oxidation sites excluding steroid dienone is 1. The van der Waals surface area contributed by atoms with Gasteiger partial charge in [-0.1, -0.05) is 24.3 Å². The summed E-state index contributed by atoms with van der Waals surface area (Å²) in [6, 6.07) is 13.6. The Morgan fingerprint density at radius 2 is 1.84 bits per heavy atom. The Hall–Kier alpha value is -2.40. The minimum atomic E-state index is -3.53. The zero-order chi connectivity index (χ0) is 17.9. The van der Waals surface area contributed by atoms with Crippen LogP contribution in [-0.4, -0.2) is 21.0 Å². The molecule has 3 rings (SSSR count). The second-order valence-corrected chi connectivity index (χ2v) is 7.86. The fourth-order valence-corrected chi connectivity index (χ4v) is 4.41. The number of ether oxygens (including phenoxy) is 1. The average Bonchev–Trinajstić information content (AvgIpc) is 2.62. The number of sulfone groups is 1. The van der Waals surface area contributed by atoms with Crippen LogP contribution >= 0.6 is 0 Å². The summed E-state index contributed by atoms with van der Waals surface area (Å²) in [5.74, 6) is -0.355. The molecule has 0 amide bonds. The molecule has 4 nitrogen and oxygen atoms in total. The van der Waals surface area contributed by atoms with Gasteiger partial charge in [-0.2, -0.15) is 0 Å². The first-order chi connectivity index (χ1) is 12.0. The molecule has 2 aromatic carbocycles. The van der Waals surface area contributed by atoms with Gasteiger partial charge in [-0.05, 0) is 67.2 Å². The van der Waals surface area contributed by atoms with Crippen molar-refractivity contribution in [2.45, 2.75) is 36.0 Å². The highest BCUT2D eigenvalue weighted by Crippen LogP contribution is 2.33. The van der Waals surface area contributed by atoms with Crippen molar-refractivity contribution in [1.29, 1.82) is 0 Å². The summed E-state index contributed by atoms with van der Waals surface area (Å²) in [5.41, 5.74) is 2.80. The maximum Gasteiger partial charge on any atom is 0.331 e. The highest BCUT2D eigenvalue weighted by atomic mass is 32.2. The first-order valence-corrected chi connectivity index (χ1v) is 9.81. The second-order valence-electron chi connectivity index (χ2n) is 5.91. The van der Waals surface area contributed by atoms with E-state index in [2.05, 4.69) is 0 Å². The number of fused-ring (bicyclic) bond motifs is 1. The van der Waals surface area contributed by atoms with Crippen LogP contribution < -0.4 is 0 Å². The standard InChI is InChI=1S/C20H20O4S/c1-2-24-20(21)14-16-8-6-7-15-13-18(11-12-19(15)16)25(22,23)17-9-4-3-5-10-17/h3-5,9-14H,2,6-8H2,1H3. The number of carbonyl (C=O) groups is 1. The quantitative estimate of drug-likeness (QED) is 0.617. The molecule has 0 unspecified atom stereocenters. The molecule has 5 heteroatoms. The lowest BCUT2D eigenvalue weighted by atomic mass is 9.87. The maximum absolute atomic E-state index is 12.8. The molecule has 0 fully saturated rings. The Balaban J connectivity index is 1.99. The van der Waals surface area contributed by atoms with E-state index in [9.17, 15) is 13.2 Å². The molecule has 0 atom stereocenters. The van der Waals surface area contributed by atoms with Crippen molar-refractivity contribution in [3.8, 4) is 0 Å². The van der Waals surface area contributed by atoms with Gasteiger partial charge in [0.05, 0.1) is 16.4 Å². The first kappa shape index (κ1) is 17.4. The van der Waals surface area contributed by atoms with Crippen molar-refractivity contribution >= 4 is 21.4 Å². The smallest absolute Gasteiger partial charge is 0.331 e. The van der Waals surface area contributed by atoms with Crippen LogP contribution in [0, 0.1) is 0 Å². The summed E-state index contributed by atoms with van der Waals surface area (Å²) >= 11 is 0. The van der Waals surface area contributed by atoms with E-state index in [0.717, 1.165) is 36.0 Å². The predicted molar refractivity (Wildman–Crippen MR) is 95.9 cm³/mol. The van der Waals surface area contributed by atoms with Crippen LogP contribution in [0.2, 0.25) is 0 Å². The molecule has 2 aromatic rings. The second kappa shape index (κ2) is 7.23. The van der Waals surface area contributed by atoms with Crippen molar-refractivity contribution in [2.75, 3.05) is 6.61 Å². The van der Waals surface area contributed by atoms with Crippen molar-refractivity contribution < 1.29 is 17.9 Å². The summed E-state index contributed by atoms with van der Waals surface area (Å²) in [6.45, 7) is 2.11. The Morgan fingerprint density at radius 3 is 2.56 bits per heavy atom. The Labute approximate surface area is 148 Å². The van der Waals surface area contributed by atoms with Crippen molar-refractivity contribution in [1.82, 2.24) is 0 Å². The number of aryl methyl sites for hydroxylation is 1. The third-order valence-electron chi connectivity index (χ3n) is 4.26. The van der Waals surface area contributed by atoms with Gasteiger partial charge in [0.1, 0.15) is 0 Å². The SMILES string of the molecule is CCOC(=O)C=C1CCCc2cc(S(=O)(=O)c3ccccc3)ccc21. The van der Waals surface area contributed by atoms with Crippen molar-refractivity contribution in [3.05, 3.63) is 65.7 Å². The van der Waals surface area contributed by atoms with E-state index >= 15 is 0 Å². The van der Waals surface area contributed by atoms with Gasteiger partial charge < -0.3 is 4.74 Å². The van der Waals surface area contributed by atoms with E-state index < -0.39 is 9.84 Å². The van der Waals surface area contributed by atoms with E-state index in [1.165, 1.54) is 6.08 Å². The van der Waals surface area contributed by atoms with Gasteiger partial charge in [-0.15, -0.1) is 0 Å². The number of hydrogen-bond acceptors (Lipinski definition) is 4. The molecule has 0 heterocycles. The van der Waals surface area contributed by atoms with Gasteiger partial charge in [0.15, 0.2) is 0 Å². The van der Waals surface area contributed by atoms with E-state index in [1.807, 2.05) is 0 Å². The number of rotatable bonds is 4. The normalized spacial score (nSPS) is 15.6. The molecule has 1 aliphatic carbocycles. The highest BCUT2D eigenvalue weighted by Gasteiger charge is 2.21. The van der Waals surface area contributed by atoms with E-state index in [1.54, 1.807) is 55.5 Å². The molecule has 0 bridgehead atoms. The molecular weight excluding hydrogens is 336 g/mol. The topological polar surface area (TPSA) is 60.4 Å². The van der Waals surface area contributed by atoms with Crippen molar-refractivity contribution in [3.63, 3.8) is 0 Å². The molecule has 25 heavy (non-hydrogen) atoms. The number of hydrogen-bond donors (Lipinski definition) is 0. The van der Waals surface area contributed by atoms with Crippen LogP contribution in [0.15, 0.2) is 64.4 Å². The maximum atomic E-state index is 12.8. The lowest BCUT2D eigenvalue weighted by Gasteiger charge is -2.20. The molecule has 0 saturated carbocycles. The van der Waals surface area contributed by atoms with Crippen molar-refractivity contribution in [2.24, 2.45) is 0 Å². The zero-order valence-corrected chi connectivity index (χ0v) is 14.9. The Kier molecular flexibility index (Phi) is 5.04. The third kappa shape index (κ3) is 3.66. The molecule has 0 saturated heterocycles. The lowest BCUT2D eigenvalue weighted by molar-refractivity contribution is -0.137. The van der Waals surface area contributed by atoms with E-state index in [-0.39, 0.29) is 15.8 Å². The summed E-state index contributed by atoms with van der Waals surface area (Å²) < 4.78 is 30.5. The zero-order valence-electron chi connectivity index (χ0n) is 14.1. The molecule has 0 aliphatic heterocycles. The van der Waals surface area contributed by atoms with Crippen LogP contribution in [-0.2, 0) is 25.8 Å². The van der Waals surface area contributed by atoms with Crippen LogP contribution in [0.25, 0.3) is 5.57 Å². The first-order valence-electron chi connectivity index (χ1n) is 8.33. The number of carbonyl (C=O) groups excluding carboxylic acids is 1. The number of esters is 1. The van der Waals surface area contributed by atoms with Gasteiger partial charge in [0.2, 0.25) is 9.84 Å². The predicted octanol–water partition coefficient (Wildman–Crippen LogP) is 3.80. The van der Waals surface area contributed by atoms with E-state index in [0.29, 0.717) is 6.61 Å². The highest BCUT2D eigenvalue weighted by molar-refractivity contribution is 7.91. The molecule has 130 valence electrons. The third-order valence-corrected chi connectivity index (χ3v) is 6.02. The van der Waals surface area contributed by atoms with Gasteiger partial charge in [-0.25, -0.2) is 13.2 Å². The number of benzene rings is 2. The average molecular weight is 356 g/mol. The van der Waals surface area contributed by atoms with E-state index in [4.69, 9.17) is 4.74 Å². The minimum absolute atomic E-state index is 0.285. The summed E-state index contributed by atoms with van der Waals surface area (Å²) in [4.78, 5) is 12.3. The molecule has 0 spiro atoms. The van der Waals surface area contributed by atoms with Gasteiger partial charge in [0.25, 0.3) is 0 Å². The summed E-state index contributed by atoms with van der Waals surface area (Å²) in [5, 5.41) is 0. The molecule has 0 N–H and O–H groups in total. The molecule has 0 radical (unpaired) electrons. The fraction of sp³-hybridized carbons (Fsp3) is 0.250. The van der Waals surface area contributed by atoms with Gasteiger partial charge >= 0.3 is 5.97 Å². The van der Waals surface area contributed by atoms with Crippen LogP contribution in [0.4, 0.5) is 0 Å². The summed E-state index contributed by atoms with van der Waals surface area (Å²) in [6.07, 6.45) is 3.99. The molecule has 1 aliphatic rings. The van der Waals surface area contributed by atoms with Crippen LogP contribution in [0.5, 0.6) is 0 Å². The van der Waals surface area contributed by atoms with Gasteiger partial charge in [0, 0.05) is 6.08 Å². The Morgan fingerprint density at radius 1 is 1.08 bits per heavy atom. The minimum Gasteiger partial charge on any atom is -0.463 e. The van der Waals surface area contributed by atoms with Crippen LogP contribution in [0.1, 0.15) is 30.9 Å². The Bertz CT molecular complexity index is 912. The summed E-state index contributed by atoms with van der Waals surface area (Å²) in [7, 11) is -3.53.